The normalized spacial score (nSPS) is 10.0. The summed E-state index contributed by atoms with van der Waals surface area (Å²) in [5, 5.41) is 9.00. The van der Waals surface area contributed by atoms with Crippen LogP contribution in [0.2, 0.25) is 0 Å². The number of benzene rings is 1. The highest BCUT2D eigenvalue weighted by molar-refractivity contribution is 5.59. The molecule has 14 heavy (non-hydrogen) atoms. The lowest BCUT2D eigenvalue weighted by Gasteiger charge is -2.15. The molecule has 1 aromatic carbocycles. The third-order valence-corrected chi connectivity index (χ3v) is 2.29. The van der Waals surface area contributed by atoms with E-state index in [1.165, 1.54) is 5.56 Å². The van der Waals surface area contributed by atoms with Crippen molar-refractivity contribution in [3.05, 3.63) is 29.3 Å². The maximum absolute atomic E-state index is 9.00. The van der Waals surface area contributed by atoms with Gasteiger partial charge in [-0.3, -0.25) is 0 Å². The van der Waals surface area contributed by atoms with E-state index in [2.05, 4.69) is 26.0 Å². The molecule has 0 amide bonds. The van der Waals surface area contributed by atoms with Gasteiger partial charge in [0.1, 0.15) is 6.07 Å². The van der Waals surface area contributed by atoms with Crippen LogP contribution in [0.5, 0.6) is 0 Å². The summed E-state index contributed by atoms with van der Waals surface area (Å²) in [4.78, 5) is 1.96. The van der Waals surface area contributed by atoms with Crippen LogP contribution in [0.25, 0.3) is 0 Å². The molecule has 0 unspecified atom stereocenters. The second-order valence-corrected chi connectivity index (χ2v) is 3.94. The van der Waals surface area contributed by atoms with Crippen LogP contribution in [-0.4, -0.2) is 14.1 Å². The van der Waals surface area contributed by atoms with Gasteiger partial charge in [-0.2, -0.15) is 5.26 Å². The van der Waals surface area contributed by atoms with Crippen molar-refractivity contribution < 1.29 is 0 Å². The number of anilines is 1. The first-order chi connectivity index (χ1) is 6.56. The van der Waals surface area contributed by atoms with Crippen molar-refractivity contribution in [2.24, 2.45) is 0 Å². The lowest BCUT2D eigenvalue weighted by Crippen LogP contribution is -2.10. The van der Waals surface area contributed by atoms with Crippen LogP contribution in [0.15, 0.2) is 18.2 Å². The maximum Gasteiger partial charge on any atom is 0.101 e. The molecule has 0 aliphatic rings. The Labute approximate surface area is 85.8 Å². The Hall–Kier alpha value is -1.49. The Balaban J connectivity index is 3.20. The smallest absolute Gasteiger partial charge is 0.101 e. The number of rotatable bonds is 2. The minimum absolute atomic E-state index is 0.471. The number of hydrogen-bond acceptors (Lipinski definition) is 2. The van der Waals surface area contributed by atoms with Crippen LogP contribution < -0.4 is 4.90 Å². The molecule has 0 aromatic heterocycles. The average molecular weight is 188 g/mol. The summed E-state index contributed by atoms with van der Waals surface area (Å²) < 4.78 is 0. The molecule has 2 heteroatoms. The Bertz CT molecular complexity index is 359. The lowest BCUT2D eigenvalue weighted by atomic mass is 10.00. The van der Waals surface area contributed by atoms with E-state index in [1.54, 1.807) is 0 Å². The van der Waals surface area contributed by atoms with Crippen molar-refractivity contribution in [3.63, 3.8) is 0 Å². The average Bonchev–Trinajstić information content (AvgIpc) is 2.16. The molecule has 74 valence electrons. The van der Waals surface area contributed by atoms with E-state index in [4.69, 9.17) is 5.26 Å². The zero-order valence-electron chi connectivity index (χ0n) is 9.20. The van der Waals surface area contributed by atoms with Crippen molar-refractivity contribution in [1.82, 2.24) is 0 Å². The van der Waals surface area contributed by atoms with Crippen LogP contribution in [0, 0.1) is 11.3 Å². The van der Waals surface area contributed by atoms with Gasteiger partial charge in [0.25, 0.3) is 0 Å². The molecule has 0 radical (unpaired) electrons. The largest absolute Gasteiger partial charge is 0.377 e. The molecule has 0 spiro atoms. The molecule has 0 N–H and O–H groups in total. The van der Waals surface area contributed by atoms with Crippen LogP contribution in [-0.2, 0) is 0 Å². The number of hydrogen-bond donors (Lipinski definition) is 0. The van der Waals surface area contributed by atoms with E-state index in [-0.39, 0.29) is 0 Å². The topological polar surface area (TPSA) is 27.0 Å². The molecule has 0 saturated heterocycles. The highest BCUT2D eigenvalue weighted by atomic mass is 15.1. The summed E-state index contributed by atoms with van der Waals surface area (Å²) in [5.74, 6) is 0.471. The van der Waals surface area contributed by atoms with Gasteiger partial charge >= 0.3 is 0 Å². The summed E-state index contributed by atoms with van der Waals surface area (Å²) in [6.07, 6.45) is 0. The van der Waals surface area contributed by atoms with Crippen LogP contribution in [0.3, 0.4) is 0 Å². The van der Waals surface area contributed by atoms with Crippen molar-refractivity contribution in [2.75, 3.05) is 19.0 Å². The second kappa shape index (κ2) is 4.15. The standard InChI is InChI=1S/C12H16N2/c1-9(2)10-5-6-12(14(3)4)11(7-10)8-13/h5-7,9H,1-4H3. The highest BCUT2D eigenvalue weighted by Gasteiger charge is 2.06. The van der Waals surface area contributed by atoms with Crippen molar-refractivity contribution in [3.8, 4) is 6.07 Å². The summed E-state index contributed by atoms with van der Waals surface area (Å²) in [6.45, 7) is 4.26. The predicted molar refractivity (Wildman–Crippen MR) is 59.6 cm³/mol. The first-order valence-electron chi connectivity index (χ1n) is 4.77. The second-order valence-electron chi connectivity index (χ2n) is 3.94. The fraction of sp³-hybridized carbons (Fsp3) is 0.417. The number of nitrogens with zero attached hydrogens (tertiary/aromatic N) is 2. The molecule has 0 bridgehead atoms. The first-order valence-corrected chi connectivity index (χ1v) is 4.77. The molecule has 1 rings (SSSR count). The molecule has 1 aromatic rings. The molecule has 0 aliphatic heterocycles. The third kappa shape index (κ3) is 2.05. The predicted octanol–water partition coefficient (Wildman–Crippen LogP) is 2.75. The monoisotopic (exact) mass is 188 g/mol. The molecule has 0 fully saturated rings. The van der Waals surface area contributed by atoms with E-state index >= 15 is 0 Å². The molecule has 0 aliphatic carbocycles. The summed E-state index contributed by atoms with van der Waals surface area (Å²) in [5.41, 5.74) is 2.95. The Morgan fingerprint density at radius 3 is 2.36 bits per heavy atom. The van der Waals surface area contributed by atoms with Crippen molar-refractivity contribution in [1.29, 1.82) is 5.26 Å². The Kier molecular flexibility index (Phi) is 3.14. The summed E-state index contributed by atoms with van der Waals surface area (Å²) >= 11 is 0. The Morgan fingerprint density at radius 1 is 1.29 bits per heavy atom. The van der Waals surface area contributed by atoms with E-state index in [0.29, 0.717) is 5.92 Å². The van der Waals surface area contributed by atoms with E-state index in [0.717, 1.165) is 11.3 Å². The van der Waals surface area contributed by atoms with Gasteiger partial charge < -0.3 is 4.90 Å². The zero-order chi connectivity index (χ0) is 10.7. The molecular formula is C12H16N2. The molecule has 0 saturated carbocycles. The Morgan fingerprint density at radius 2 is 1.93 bits per heavy atom. The lowest BCUT2D eigenvalue weighted by molar-refractivity contribution is 0.865. The quantitative estimate of drug-likeness (QED) is 0.713. The van der Waals surface area contributed by atoms with Gasteiger partial charge in [0, 0.05) is 14.1 Å². The van der Waals surface area contributed by atoms with E-state index in [9.17, 15) is 0 Å². The fourth-order valence-electron chi connectivity index (χ4n) is 1.39. The maximum atomic E-state index is 9.00. The molecule has 0 heterocycles. The van der Waals surface area contributed by atoms with Crippen molar-refractivity contribution in [2.45, 2.75) is 19.8 Å². The number of nitriles is 1. The fourth-order valence-corrected chi connectivity index (χ4v) is 1.39. The minimum Gasteiger partial charge on any atom is -0.377 e. The SMILES string of the molecule is CC(C)c1ccc(N(C)C)c(C#N)c1. The minimum atomic E-state index is 0.471. The first kappa shape index (κ1) is 10.6. The highest BCUT2D eigenvalue weighted by Crippen LogP contribution is 2.23. The van der Waals surface area contributed by atoms with Gasteiger partial charge in [0.05, 0.1) is 11.3 Å². The van der Waals surface area contributed by atoms with Crippen LogP contribution >= 0.6 is 0 Å². The van der Waals surface area contributed by atoms with Gasteiger partial charge in [0.2, 0.25) is 0 Å². The van der Waals surface area contributed by atoms with E-state index < -0.39 is 0 Å². The van der Waals surface area contributed by atoms with Gasteiger partial charge in [-0.15, -0.1) is 0 Å². The molecule has 2 nitrogen and oxygen atoms in total. The van der Waals surface area contributed by atoms with Gasteiger partial charge in [-0.1, -0.05) is 19.9 Å². The van der Waals surface area contributed by atoms with Gasteiger partial charge in [-0.05, 0) is 23.6 Å². The van der Waals surface area contributed by atoms with Crippen LogP contribution in [0.4, 0.5) is 5.69 Å². The van der Waals surface area contributed by atoms with Gasteiger partial charge in [0.15, 0.2) is 0 Å². The molecular weight excluding hydrogens is 172 g/mol. The molecule has 0 atom stereocenters. The van der Waals surface area contributed by atoms with E-state index in [1.807, 2.05) is 31.1 Å². The van der Waals surface area contributed by atoms with Crippen molar-refractivity contribution >= 4 is 5.69 Å². The third-order valence-electron chi connectivity index (χ3n) is 2.29. The summed E-state index contributed by atoms with van der Waals surface area (Å²) in [7, 11) is 3.90. The summed E-state index contributed by atoms with van der Waals surface area (Å²) in [6, 6.07) is 8.29. The zero-order valence-corrected chi connectivity index (χ0v) is 9.20. The van der Waals surface area contributed by atoms with Crippen LogP contribution in [0.1, 0.15) is 30.9 Å². The van der Waals surface area contributed by atoms with Gasteiger partial charge in [-0.25, -0.2) is 0 Å².